The number of carbonyl (C=O) groups excluding carboxylic acids is 1. The van der Waals surface area contributed by atoms with Gasteiger partial charge in [0.15, 0.2) is 5.82 Å². The zero-order valence-corrected chi connectivity index (χ0v) is 17.4. The molecule has 3 aromatic rings. The molecule has 0 saturated heterocycles. The molecule has 0 bridgehead atoms. The molecule has 2 aromatic carbocycles. The third-order valence-electron chi connectivity index (χ3n) is 5.16. The lowest BCUT2D eigenvalue weighted by Crippen LogP contribution is -2.18. The zero-order valence-electron chi connectivity index (χ0n) is 17.4. The molecule has 1 aromatic heterocycles. The van der Waals surface area contributed by atoms with Crippen molar-refractivity contribution in [1.82, 2.24) is 9.97 Å². The van der Waals surface area contributed by atoms with Crippen molar-refractivity contribution in [3.05, 3.63) is 53.7 Å². The lowest BCUT2D eigenvalue weighted by atomic mass is 9.91. The van der Waals surface area contributed by atoms with Crippen LogP contribution in [0.25, 0.3) is 22.5 Å². The fourth-order valence-corrected chi connectivity index (χ4v) is 3.71. The van der Waals surface area contributed by atoms with Crippen LogP contribution >= 0.6 is 0 Å². The van der Waals surface area contributed by atoms with E-state index >= 15 is 0 Å². The van der Waals surface area contributed by atoms with E-state index in [9.17, 15) is 9.90 Å². The standard InChI is InChI=1S/C24H25N3O3/c1-14(2)12-21(29)26-24-22(15-4-7-17(28)8-5-15)27-23-19-10-9-18(30-3)13-16(19)6-11-20(23)25-24/h4-5,7-10,13-14,28H,6,11-12H2,1-3H3,(H,25,26,29). The Morgan fingerprint density at radius 1 is 1.10 bits per heavy atom. The molecule has 0 aliphatic heterocycles. The van der Waals surface area contributed by atoms with Gasteiger partial charge in [-0.1, -0.05) is 13.8 Å². The summed E-state index contributed by atoms with van der Waals surface area (Å²) in [5, 5.41) is 12.6. The Hall–Kier alpha value is -3.41. The van der Waals surface area contributed by atoms with Crippen molar-refractivity contribution in [3.63, 3.8) is 0 Å². The second kappa shape index (κ2) is 8.14. The average molecular weight is 403 g/mol. The maximum atomic E-state index is 12.5. The van der Waals surface area contributed by atoms with Crippen molar-refractivity contribution in [2.24, 2.45) is 5.92 Å². The molecule has 30 heavy (non-hydrogen) atoms. The Balaban J connectivity index is 1.83. The summed E-state index contributed by atoms with van der Waals surface area (Å²) < 4.78 is 5.36. The van der Waals surface area contributed by atoms with Crippen LogP contribution in [-0.4, -0.2) is 28.1 Å². The number of benzene rings is 2. The molecular formula is C24H25N3O3. The number of ether oxygens (including phenoxy) is 1. The van der Waals surface area contributed by atoms with Gasteiger partial charge in [-0.3, -0.25) is 4.79 Å². The van der Waals surface area contributed by atoms with Crippen LogP contribution in [0.4, 0.5) is 5.82 Å². The van der Waals surface area contributed by atoms with E-state index in [1.165, 1.54) is 5.56 Å². The zero-order chi connectivity index (χ0) is 21.3. The van der Waals surface area contributed by atoms with Gasteiger partial charge in [-0.15, -0.1) is 0 Å². The molecule has 0 atom stereocenters. The minimum Gasteiger partial charge on any atom is -0.508 e. The number of methoxy groups -OCH3 is 1. The molecule has 0 spiro atoms. The number of fused-ring (bicyclic) bond motifs is 3. The summed E-state index contributed by atoms with van der Waals surface area (Å²) >= 11 is 0. The van der Waals surface area contributed by atoms with Gasteiger partial charge in [-0.05, 0) is 66.8 Å². The van der Waals surface area contributed by atoms with E-state index < -0.39 is 0 Å². The van der Waals surface area contributed by atoms with Crippen molar-refractivity contribution in [2.45, 2.75) is 33.1 Å². The minimum atomic E-state index is -0.0831. The van der Waals surface area contributed by atoms with Gasteiger partial charge in [0.2, 0.25) is 5.91 Å². The quantitative estimate of drug-likeness (QED) is 0.650. The summed E-state index contributed by atoms with van der Waals surface area (Å²) in [7, 11) is 1.66. The SMILES string of the molecule is COc1ccc2c(c1)CCc1nc(NC(=O)CC(C)C)c(-c3ccc(O)cc3)nc1-2. The van der Waals surface area contributed by atoms with Gasteiger partial charge >= 0.3 is 0 Å². The third kappa shape index (κ3) is 3.99. The molecule has 154 valence electrons. The number of rotatable bonds is 5. The molecule has 1 aliphatic carbocycles. The second-order valence-corrected chi connectivity index (χ2v) is 7.93. The van der Waals surface area contributed by atoms with Gasteiger partial charge in [0, 0.05) is 17.5 Å². The number of aromatic hydroxyl groups is 1. The van der Waals surface area contributed by atoms with Crippen LogP contribution in [-0.2, 0) is 17.6 Å². The highest BCUT2D eigenvalue weighted by atomic mass is 16.5. The van der Waals surface area contributed by atoms with Gasteiger partial charge in [0.05, 0.1) is 18.5 Å². The summed E-state index contributed by atoms with van der Waals surface area (Å²) in [5.41, 5.74) is 5.27. The fraction of sp³-hybridized carbons (Fsp3) is 0.292. The predicted molar refractivity (Wildman–Crippen MR) is 117 cm³/mol. The number of amides is 1. The van der Waals surface area contributed by atoms with Crippen LogP contribution in [0.3, 0.4) is 0 Å². The molecule has 6 heteroatoms. The Morgan fingerprint density at radius 3 is 2.57 bits per heavy atom. The molecule has 0 fully saturated rings. The first-order valence-corrected chi connectivity index (χ1v) is 10.1. The molecule has 0 unspecified atom stereocenters. The van der Waals surface area contributed by atoms with Crippen molar-refractivity contribution >= 4 is 11.7 Å². The van der Waals surface area contributed by atoms with Crippen molar-refractivity contribution in [2.75, 3.05) is 12.4 Å². The smallest absolute Gasteiger partial charge is 0.225 e. The summed E-state index contributed by atoms with van der Waals surface area (Å²) in [6.07, 6.45) is 1.99. The maximum Gasteiger partial charge on any atom is 0.225 e. The number of nitrogens with zero attached hydrogens (tertiary/aromatic N) is 2. The Morgan fingerprint density at radius 2 is 1.87 bits per heavy atom. The highest BCUT2D eigenvalue weighted by Crippen LogP contribution is 2.37. The van der Waals surface area contributed by atoms with Crippen LogP contribution in [0, 0.1) is 5.92 Å². The first-order chi connectivity index (χ1) is 14.4. The number of phenolic OH excluding ortho intramolecular Hbond substituents is 1. The van der Waals surface area contributed by atoms with E-state index in [4.69, 9.17) is 14.7 Å². The van der Waals surface area contributed by atoms with Crippen LogP contribution in [0.5, 0.6) is 11.5 Å². The van der Waals surface area contributed by atoms with Crippen molar-refractivity contribution < 1.29 is 14.6 Å². The first-order valence-electron chi connectivity index (χ1n) is 10.1. The average Bonchev–Trinajstić information content (AvgIpc) is 2.72. The monoisotopic (exact) mass is 403 g/mol. The normalized spacial score (nSPS) is 12.3. The molecule has 6 nitrogen and oxygen atoms in total. The molecule has 0 saturated carbocycles. The molecule has 4 rings (SSSR count). The fourth-order valence-electron chi connectivity index (χ4n) is 3.71. The van der Waals surface area contributed by atoms with E-state index in [1.54, 1.807) is 31.4 Å². The van der Waals surface area contributed by atoms with E-state index in [1.807, 2.05) is 32.0 Å². The second-order valence-electron chi connectivity index (χ2n) is 7.93. The molecule has 0 radical (unpaired) electrons. The number of hydrogen-bond acceptors (Lipinski definition) is 5. The number of phenols is 1. The number of anilines is 1. The Bertz CT molecular complexity index is 1090. The van der Waals surface area contributed by atoms with Crippen LogP contribution in [0.15, 0.2) is 42.5 Å². The third-order valence-corrected chi connectivity index (χ3v) is 5.16. The van der Waals surface area contributed by atoms with Crippen LogP contribution < -0.4 is 10.1 Å². The summed E-state index contributed by atoms with van der Waals surface area (Å²) in [6, 6.07) is 12.7. The van der Waals surface area contributed by atoms with E-state index in [0.717, 1.165) is 41.1 Å². The molecular weight excluding hydrogens is 378 g/mol. The van der Waals surface area contributed by atoms with E-state index in [2.05, 4.69) is 5.32 Å². The topological polar surface area (TPSA) is 84.3 Å². The summed E-state index contributed by atoms with van der Waals surface area (Å²) in [4.78, 5) is 22.2. The lowest BCUT2D eigenvalue weighted by Gasteiger charge is -2.21. The van der Waals surface area contributed by atoms with Crippen LogP contribution in [0.2, 0.25) is 0 Å². The van der Waals surface area contributed by atoms with E-state index in [-0.39, 0.29) is 17.6 Å². The van der Waals surface area contributed by atoms with Gasteiger partial charge in [0.1, 0.15) is 17.2 Å². The van der Waals surface area contributed by atoms with E-state index in [0.29, 0.717) is 17.9 Å². The minimum absolute atomic E-state index is 0.0831. The first kappa shape index (κ1) is 19.9. The molecule has 2 N–H and O–H groups in total. The number of carbonyl (C=O) groups is 1. The van der Waals surface area contributed by atoms with Gasteiger partial charge in [0.25, 0.3) is 0 Å². The Kier molecular flexibility index (Phi) is 5.40. The van der Waals surface area contributed by atoms with Gasteiger partial charge in [-0.2, -0.15) is 0 Å². The van der Waals surface area contributed by atoms with Crippen molar-refractivity contribution in [1.29, 1.82) is 0 Å². The molecule has 1 heterocycles. The highest BCUT2D eigenvalue weighted by molar-refractivity contribution is 5.94. The maximum absolute atomic E-state index is 12.5. The van der Waals surface area contributed by atoms with Crippen LogP contribution in [0.1, 0.15) is 31.5 Å². The number of aryl methyl sites for hydroxylation is 2. The summed E-state index contributed by atoms with van der Waals surface area (Å²) in [6.45, 7) is 4.01. The largest absolute Gasteiger partial charge is 0.508 e. The van der Waals surface area contributed by atoms with Crippen molar-refractivity contribution in [3.8, 4) is 34.0 Å². The highest BCUT2D eigenvalue weighted by Gasteiger charge is 2.23. The number of nitrogens with one attached hydrogen (secondary N) is 1. The lowest BCUT2D eigenvalue weighted by molar-refractivity contribution is -0.116. The predicted octanol–water partition coefficient (Wildman–Crippen LogP) is 4.61. The summed E-state index contributed by atoms with van der Waals surface area (Å²) in [5.74, 6) is 1.62. The van der Waals surface area contributed by atoms with Gasteiger partial charge in [-0.25, -0.2) is 9.97 Å². The molecule has 1 aliphatic rings. The Labute approximate surface area is 176 Å². The number of hydrogen-bond donors (Lipinski definition) is 2. The molecule has 1 amide bonds. The van der Waals surface area contributed by atoms with Gasteiger partial charge < -0.3 is 15.2 Å². The number of aromatic nitrogens is 2.